The van der Waals surface area contributed by atoms with E-state index in [1.807, 2.05) is 19.9 Å². The molecule has 33 heavy (non-hydrogen) atoms. The maximum atomic E-state index is 13.9. The fourth-order valence-corrected chi connectivity index (χ4v) is 4.56. The molecule has 172 valence electrons. The zero-order chi connectivity index (χ0) is 23.5. The number of nitrogens with one attached hydrogen (secondary N) is 2. The first kappa shape index (κ1) is 22.8. The molecule has 0 bridgehead atoms. The minimum Gasteiger partial charge on any atom is -0.493 e. The molecule has 1 atom stereocenters. The minimum atomic E-state index is -0.488. The molecule has 0 saturated carbocycles. The minimum absolute atomic E-state index is 0.0294. The SMILES string of the molecule is COc1cc([C@H]2CC(=O)Nc3nc(SCc4ccccc4F)[nH]c(=O)c32)ccc1OC(C)C. The van der Waals surface area contributed by atoms with E-state index in [1.54, 1.807) is 37.4 Å². The van der Waals surface area contributed by atoms with Gasteiger partial charge in [-0.2, -0.15) is 0 Å². The first-order chi connectivity index (χ1) is 15.9. The van der Waals surface area contributed by atoms with Crippen LogP contribution >= 0.6 is 11.8 Å². The van der Waals surface area contributed by atoms with Crippen molar-refractivity contribution >= 4 is 23.5 Å². The Hall–Kier alpha value is -3.33. The number of ether oxygens (including phenoxy) is 2. The number of anilines is 1. The van der Waals surface area contributed by atoms with E-state index >= 15 is 0 Å². The largest absolute Gasteiger partial charge is 0.493 e. The van der Waals surface area contributed by atoms with E-state index in [0.717, 1.165) is 5.56 Å². The first-order valence-electron chi connectivity index (χ1n) is 10.5. The Morgan fingerprint density at radius 2 is 1.97 bits per heavy atom. The van der Waals surface area contributed by atoms with Crippen LogP contribution < -0.4 is 20.3 Å². The first-order valence-corrected chi connectivity index (χ1v) is 11.5. The number of hydrogen-bond donors (Lipinski definition) is 2. The summed E-state index contributed by atoms with van der Waals surface area (Å²) in [4.78, 5) is 32.7. The van der Waals surface area contributed by atoms with Gasteiger partial charge in [-0.15, -0.1) is 0 Å². The summed E-state index contributed by atoms with van der Waals surface area (Å²) >= 11 is 1.19. The van der Waals surface area contributed by atoms with Gasteiger partial charge in [0.2, 0.25) is 5.91 Å². The molecule has 1 aliphatic rings. The number of benzene rings is 2. The van der Waals surface area contributed by atoms with E-state index in [0.29, 0.717) is 33.5 Å². The molecule has 0 fully saturated rings. The van der Waals surface area contributed by atoms with Crippen LogP contribution in [0.1, 0.15) is 42.9 Å². The molecule has 0 unspecified atom stereocenters. The third kappa shape index (κ3) is 5.03. The zero-order valence-electron chi connectivity index (χ0n) is 18.5. The van der Waals surface area contributed by atoms with Crippen molar-refractivity contribution in [3.05, 3.63) is 75.3 Å². The highest BCUT2D eigenvalue weighted by Crippen LogP contribution is 2.38. The van der Waals surface area contributed by atoms with Crippen LogP contribution in [0.15, 0.2) is 52.4 Å². The van der Waals surface area contributed by atoms with E-state index in [4.69, 9.17) is 9.47 Å². The van der Waals surface area contributed by atoms with E-state index in [1.165, 1.54) is 17.8 Å². The van der Waals surface area contributed by atoms with Gasteiger partial charge in [-0.3, -0.25) is 9.59 Å². The number of fused-ring (bicyclic) bond motifs is 1. The molecule has 1 aromatic heterocycles. The van der Waals surface area contributed by atoms with Crippen LogP contribution in [-0.4, -0.2) is 29.1 Å². The van der Waals surface area contributed by atoms with Gasteiger partial charge in [0.1, 0.15) is 11.6 Å². The number of hydrogen-bond acceptors (Lipinski definition) is 6. The fraction of sp³-hybridized carbons (Fsp3) is 0.292. The Balaban J connectivity index is 1.66. The van der Waals surface area contributed by atoms with Crippen molar-refractivity contribution in [1.29, 1.82) is 0 Å². The summed E-state index contributed by atoms with van der Waals surface area (Å²) in [5, 5.41) is 3.01. The zero-order valence-corrected chi connectivity index (χ0v) is 19.3. The normalized spacial score (nSPS) is 15.2. The van der Waals surface area contributed by atoms with Crippen molar-refractivity contribution in [1.82, 2.24) is 9.97 Å². The quantitative estimate of drug-likeness (QED) is 0.392. The second-order valence-corrected chi connectivity index (χ2v) is 8.86. The second kappa shape index (κ2) is 9.66. The van der Waals surface area contributed by atoms with Gasteiger partial charge in [-0.1, -0.05) is 36.0 Å². The van der Waals surface area contributed by atoms with Gasteiger partial charge < -0.3 is 19.8 Å². The number of aromatic nitrogens is 2. The molecule has 0 radical (unpaired) electrons. The van der Waals surface area contributed by atoms with Crippen molar-refractivity contribution in [3.8, 4) is 11.5 Å². The maximum absolute atomic E-state index is 13.9. The lowest BCUT2D eigenvalue weighted by atomic mass is 9.86. The summed E-state index contributed by atoms with van der Waals surface area (Å²) in [5.41, 5.74) is 1.28. The number of thioether (sulfide) groups is 1. The van der Waals surface area contributed by atoms with Gasteiger partial charge in [-0.25, -0.2) is 9.37 Å². The van der Waals surface area contributed by atoms with Crippen molar-refractivity contribution in [3.63, 3.8) is 0 Å². The highest BCUT2D eigenvalue weighted by atomic mass is 32.2. The number of carbonyl (C=O) groups is 1. The predicted octanol–water partition coefficient (Wildman–Crippen LogP) is 4.47. The average Bonchev–Trinajstić information content (AvgIpc) is 2.77. The topological polar surface area (TPSA) is 93.3 Å². The van der Waals surface area contributed by atoms with Gasteiger partial charge in [0.15, 0.2) is 16.7 Å². The highest BCUT2D eigenvalue weighted by Gasteiger charge is 2.31. The highest BCUT2D eigenvalue weighted by molar-refractivity contribution is 7.98. The number of rotatable bonds is 7. The third-order valence-corrected chi connectivity index (χ3v) is 6.13. The van der Waals surface area contributed by atoms with Crippen molar-refractivity contribution in [2.45, 2.75) is 43.2 Å². The van der Waals surface area contributed by atoms with E-state index in [9.17, 15) is 14.0 Å². The summed E-state index contributed by atoms with van der Waals surface area (Å²) in [6.07, 6.45) is 0.0748. The van der Waals surface area contributed by atoms with Crippen molar-refractivity contribution in [2.75, 3.05) is 12.4 Å². The molecule has 3 aromatic rings. The van der Waals surface area contributed by atoms with E-state index in [-0.39, 0.29) is 35.6 Å². The Kier molecular flexibility index (Phi) is 6.69. The fourth-order valence-electron chi connectivity index (χ4n) is 3.72. The van der Waals surface area contributed by atoms with Gasteiger partial charge >= 0.3 is 0 Å². The number of methoxy groups -OCH3 is 1. The van der Waals surface area contributed by atoms with Crippen LogP contribution in [-0.2, 0) is 10.5 Å². The number of amides is 1. The molecular weight excluding hydrogens is 445 g/mol. The number of H-pyrrole nitrogens is 1. The molecular formula is C24H24FN3O4S. The Morgan fingerprint density at radius 1 is 1.18 bits per heavy atom. The Bertz CT molecular complexity index is 1240. The van der Waals surface area contributed by atoms with Crippen LogP contribution in [0.25, 0.3) is 0 Å². The number of aromatic amines is 1. The van der Waals surface area contributed by atoms with Crippen LogP contribution in [0.4, 0.5) is 10.2 Å². The predicted molar refractivity (Wildman–Crippen MR) is 125 cm³/mol. The lowest BCUT2D eigenvalue weighted by Crippen LogP contribution is -2.31. The number of nitrogens with zero attached hydrogens (tertiary/aromatic N) is 1. The molecule has 0 saturated heterocycles. The van der Waals surface area contributed by atoms with E-state index < -0.39 is 5.92 Å². The summed E-state index contributed by atoms with van der Waals surface area (Å²) < 4.78 is 25.1. The summed E-state index contributed by atoms with van der Waals surface area (Å²) in [6, 6.07) is 11.8. The Labute approximate surface area is 194 Å². The maximum Gasteiger partial charge on any atom is 0.257 e. The molecule has 0 aliphatic carbocycles. The summed E-state index contributed by atoms with van der Waals surface area (Å²) in [5.74, 6) is 0.573. The second-order valence-electron chi connectivity index (χ2n) is 7.90. The Morgan fingerprint density at radius 3 is 2.70 bits per heavy atom. The molecule has 2 heterocycles. The molecule has 7 nitrogen and oxygen atoms in total. The number of carbonyl (C=O) groups excluding carboxylic acids is 1. The molecule has 2 N–H and O–H groups in total. The lowest BCUT2D eigenvalue weighted by molar-refractivity contribution is -0.116. The molecule has 1 aliphatic heterocycles. The van der Waals surface area contributed by atoms with Crippen molar-refractivity contribution in [2.24, 2.45) is 0 Å². The smallest absolute Gasteiger partial charge is 0.257 e. The molecule has 0 spiro atoms. The van der Waals surface area contributed by atoms with Crippen LogP contribution in [0, 0.1) is 5.82 Å². The van der Waals surface area contributed by atoms with Crippen LogP contribution in [0.5, 0.6) is 11.5 Å². The van der Waals surface area contributed by atoms with Crippen LogP contribution in [0.2, 0.25) is 0 Å². The molecule has 1 amide bonds. The monoisotopic (exact) mass is 469 g/mol. The van der Waals surface area contributed by atoms with E-state index in [2.05, 4.69) is 15.3 Å². The molecule has 4 rings (SSSR count). The van der Waals surface area contributed by atoms with Gasteiger partial charge in [-0.05, 0) is 43.2 Å². The summed E-state index contributed by atoms with van der Waals surface area (Å²) in [6.45, 7) is 3.84. The van der Waals surface area contributed by atoms with Gasteiger partial charge in [0.25, 0.3) is 5.56 Å². The average molecular weight is 470 g/mol. The molecule has 9 heteroatoms. The van der Waals surface area contributed by atoms with Crippen molar-refractivity contribution < 1.29 is 18.7 Å². The lowest BCUT2D eigenvalue weighted by Gasteiger charge is -2.25. The standard InChI is InChI=1S/C24H24FN3O4S/c1-13(2)32-18-9-8-14(10-19(18)31-3)16-11-20(29)26-22-21(16)23(30)28-24(27-22)33-12-15-6-4-5-7-17(15)25/h4-10,13,16H,11-12H2,1-3H3,(H2,26,27,28,29,30)/t16-/m1/s1. The third-order valence-electron chi connectivity index (χ3n) is 5.20. The summed E-state index contributed by atoms with van der Waals surface area (Å²) in [7, 11) is 1.54. The van der Waals surface area contributed by atoms with Gasteiger partial charge in [0.05, 0.1) is 18.8 Å². The van der Waals surface area contributed by atoms with Gasteiger partial charge in [0, 0.05) is 18.1 Å². The van der Waals surface area contributed by atoms with Crippen LogP contribution in [0.3, 0.4) is 0 Å². The molecule has 2 aromatic carbocycles. The number of halogens is 1.